The number of hydrogen-bond donors (Lipinski definition) is 1. The van der Waals surface area contributed by atoms with E-state index in [-0.39, 0.29) is 12.5 Å². The highest BCUT2D eigenvalue weighted by Gasteiger charge is 2.30. The summed E-state index contributed by atoms with van der Waals surface area (Å²) in [5.74, 6) is 0.421. The van der Waals surface area contributed by atoms with E-state index >= 15 is 0 Å². The number of terminal acetylenes is 1. The summed E-state index contributed by atoms with van der Waals surface area (Å²) < 4.78 is 0. The van der Waals surface area contributed by atoms with E-state index in [9.17, 15) is 9.59 Å². The van der Waals surface area contributed by atoms with Gasteiger partial charge in [-0.05, 0) is 25.7 Å². The molecule has 0 aliphatic heterocycles. The van der Waals surface area contributed by atoms with E-state index in [4.69, 9.17) is 11.5 Å². The number of rotatable bonds is 5. The molecule has 1 atom stereocenters. The molecule has 4 nitrogen and oxygen atoms in total. The van der Waals surface area contributed by atoms with Gasteiger partial charge in [-0.25, -0.2) is 0 Å². The largest absolute Gasteiger partial charge is 0.481 e. The third-order valence-electron chi connectivity index (χ3n) is 2.51. The van der Waals surface area contributed by atoms with E-state index in [0.29, 0.717) is 12.5 Å². The van der Waals surface area contributed by atoms with Crippen molar-refractivity contribution in [1.82, 2.24) is 4.90 Å². The summed E-state index contributed by atoms with van der Waals surface area (Å²) in [6, 6.07) is 0. The van der Waals surface area contributed by atoms with Gasteiger partial charge >= 0.3 is 5.97 Å². The Balaban J connectivity index is 2.57. The van der Waals surface area contributed by atoms with Crippen molar-refractivity contribution >= 4 is 11.9 Å². The minimum atomic E-state index is -1.10. The Hall–Kier alpha value is -1.50. The zero-order valence-corrected chi connectivity index (χ0v) is 8.77. The Morgan fingerprint density at radius 1 is 1.60 bits per heavy atom. The van der Waals surface area contributed by atoms with E-state index in [1.165, 1.54) is 11.8 Å². The molecule has 0 aromatic carbocycles. The SMILES string of the molecule is C#CCN(CC1CC1)C(=O)C(C)C(=O)O. The monoisotopic (exact) mass is 209 g/mol. The maximum absolute atomic E-state index is 11.7. The van der Waals surface area contributed by atoms with E-state index < -0.39 is 11.9 Å². The average molecular weight is 209 g/mol. The van der Waals surface area contributed by atoms with Gasteiger partial charge in [0.25, 0.3) is 0 Å². The van der Waals surface area contributed by atoms with Crippen molar-refractivity contribution in [1.29, 1.82) is 0 Å². The summed E-state index contributed by atoms with van der Waals surface area (Å²) in [5.41, 5.74) is 0. The molecule has 1 rings (SSSR count). The van der Waals surface area contributed by atoms with Gasteiger partial charge < -0.3 is 10.0 Å². The summed E-state index contributed by atoms with van der Waals surface area (Å²) in [6.07, 6.45) is 7.36. The Labute approximate surface area is 89.3 Å². The third kappa shape index (κ3) is 3.28. The Morgan fingerprint density at radius 3 is 2.60 bits per heavy atom. The van der Waals surface area contributed by atoms with Gasteiger partial charge in [0.1, 0.15) is 5.92 Å². The van der Waals surface area contributed by atoms with Crippen LogP contribution in [-0.4, -0.2) is 35.0 Å². The lowest BCUT2D eigenvalue weighted by Gasteiger charge is -2.21. The van der Waals surface area contributed by atoms with Crippen LogP contribution < -0.4 is 0 Å². The second-order valence-corrected chi connectivity index (χ2v) is 3.93. The standard InChI is InChI=1S/C11H15NO3/c1-3-6-12(7-9-4-5-9)10(13)8(2)11(14)15/h1,8-9H,4-7H2,2H3,(H,14,15). The maximum atomic E-state index is 11.7. The number of aliphatic carboxylic acids is 1. The molecule has 1 amide bonds. The number of hydrogen-bond acceptors (Lipinski definition) is 2. The minimum absolute atomic E-state index is 0.201. The van der Waals surface area contributed by atoms with E-state index in [2.05, 4.69) is 5.92 Å². The second-order valence-electron chi connectivity index (χ2n) is 3.93. The summed E-state index contributed by atoms with van der Waals surface area (Å²) in [7, 11) is 0. The molecule has 1 aliphatic rings. The van der Waals surface area contributed by atoms with Crippen molar-refractivity contribution in [3.63, 3.8) is 0 Å². The lowest BCUT2D eigenvalue weighted by molar-refractivity contribution is -0.150. The van der Waals surface area contributed by atoms with Crippen molar-refractivity contribution in [2.24, 2.45) is 11.8 Å². The molecule has 15 heavy (non-hydrogen) atoms. The molecular weight excluding hydrogens is 194 g/mol. The highest BCUT2D eigenvalue weighted by Crippen LogP contribution is 2.30. The van der Waals surface area contributed by atoms with Gasteiger partial charge in [-0.1, -0.05) is 5.92 Å². The predicted octanol–water partition coefficient (Wildman–Crippen LogP) is 0.579. The Morgan fingerprint density at radius 2 is 2.20 bits per heavy atom. The quantitative estimate of drug-likeness (QED) is 0.532. The van der Waals surface area contributed by atoms with Gasteiger partial charge in [-0.3, -0.25) is 9.59 Å². The second kappa shape index (κ2) is 4.83. The van der Waals surface area contributed by atoms with Crippen molar-refractivity contribution < 1.29 is 14.7 Å². The maximum Gasteiger partial charge on any atom is 0.315 e. The van der Waals surface area contributed by atoms with Crippen LogP contribution in [-0.2, 0) is 9.59 Å². The van der Waals surface area contributed by atoms with Crippen LogP contribution in [0.2, 0.25) is 0 Å². The fourth-order valence-electron chi connectivity index (χ4n) is 1.33. The van der Waals surface area contributed by atoms with E-state index in [1.54, 1.807) is 0 Å². The van der Waals surface area contributed by atoms with Crippen LogP contribution in [0, 0.1) is 24.2 Å². The Kier molecular flexibility index (Phi) is 3.73. The highest BCUT2D eigenvalue weighted by atomic mass is 16.4. The van der Waals surface area contributed by atoms with Crippen LogP contribution in [0.1, 0.15) is 19.8 Å². The smallest absolute Gasteiger partial charge is 0.315 e. The average Bonchev–Trinajstić information content (AvgIpc) is 2.98. The molecule has 1 fully saturated rings. The van der Waals surface area contributed by atoms with Gasteiger partial charge in [0, 0.05) is 6.54 Å². The van der Waals surface area contributed by atoms with Crippen molar-refractivity contribution in [2.45, 2.75) is 19.8 Å². The lowest BCUT2D eigenvalue weighted by Crippen LogP contribution is -2.39. The van der Waals surface area contributed by atoms with Crippen LogP contribution in [0.4, 0.5) is 0 Å². The fraction of sp³-hybridized carbons (Fsp3) is 0.636. The lowest BCUT2D eigenvalue weighted by atomic mass is 10.1. The number of amides is 1. The van der Waals surface area contributed by atoms with E-state index in [0.717, 1.165) is 12.8 Å². The number of nitrogens with zero attached hydrogens (tertiary/aromatic N) is 1. The third-order valence-corrected chi connectivity index (χ3v) is 2.51. The van der Waals surface area contributed by atoms with Gasteiger partial charge in [0.2, 0.25) is 5.91 Å². The molecule has 1 unspecified atom stereocenters. The topological polar surface area (TPSA) is 57.6 Å². The number of carbonyl (C=O) groups excluding carboxylic acids is 1. The predicted molar refractivity (Wildman–Crippen MR) is 54.9 cm³/mol. The first kappa shape index (κ1) is 11.6. The van der Waals surface area contributed by atoms with Crippen LogP contribution in [0.25, 0.3) is 0 Å². The molecule has 0 radical (unpaired) electrons. The molecular formula is C11H15NO3. The Bertz CT molecular complexity index is 301. The molecule has 0 bridgehead atoms. The minimum Gasteiger partial charge on any atom is -0.481 e. The molecule has 0 saturated heterocycles. The summed E-state index contributed by atoms with van der Waals surface area (Å²) >= 11 is 0. The molecule has 0 heterocycles. The highest BCUT2D eigenvalue weighted by molar-refractivity contribution is 5.96. The van der Waals surface area contributed by atoms with Crippen molar-refractivity contribution in [3.8, 4) is 12.3 Å². The molecule has 1 aliphatic carbocycles. The molecule has 0 spiro atoms. The summed E-state index contributed by atoms with van der Waals surface area (Å²) in [5, 5.41) is 8.72. The van der Waals surface area contributed by atoms with Gasteiger partial charge in [0.15, 0.2) is 0 Å². The first-order valence-electron chi connectivity index (χ1n) is 5.01. The molecule has 1 saturated carbocycles. The zero-order chi connectivity index (χ0) is 11.4. The zero-order valence-electron chi connectivity index (χ0n) is 8.77. The van der Waals surface area contributed by atoms with Crippen LogP contribution in [0.3, 0.4) is 0 Å². The molecule has 0 aromatic heterocycles. The molecule has 4 heteroatoms. The number of carboxylic acids is 1. The fourth-order valence-corrected chi connectivity index (χ4v) is 1.33. The van der Waals surface area contributed by atoms with Gasteiger partial charge in [-0.2, -0.15) is 0 Å². The van der Waals surface area contributed by atoms with Crippen LogP contribution >= 0.6 is 0 Å². The summed E-state index contributed by atoms with van der Waals surface area (Å²) in [6.45, 7) is 2.19. The normalized spacial score (nSPS) is 16.5. The van der Waals surface area contributed by atoms with Crippen molar-refractivity contribution in [2.75, 3.05) is 13.1 Å². The number of carboxylic acid groups (broad SMARTS) is 1. The molecule has 0 aromatic rings. The van der Waals surface area contributed by atoms with Crippen LogP contribution in [0.15, 0.2) is 0 Å². The van der Waals surface area contributed by atoms with Gasteiger partial charge in [-0.15, -0.1) is 6.42 Å². The first-order valence-corrected chi connectivity index (χ1v) is 5.01. The molecule has 82 valence electrons. The van der Waals surface area contributed by atoms with Crippen LogP contribution in [0.5, 0.6) is 0 Å². The summed E-state index contributed by atoms with van der Waals surface area (Å²) in [4.78, 5) is 23.8. The van der Waals surface area contributed by atoms with Gasteiger partial charge in [0.05, 0.1) is 6.54 Å². The number of carbonyl (C=O) groups is 2. The van der Waals surface area contributed by atoms with E-state index in [1.807, 2.05) is 0 Å². The molecule has 1 N–H and O–H groups in total. The first-order chi connectivity index (χ1) is 7.06. The van der Waals surface area contributed by atoms with Crippen molar-refractivity contribution in [3.05, 3.63) is 0 Å².